The molecule has 1 aromatic rings. The van der Waals surface area contributed by atoms with Crippen molar-refractivity contribution in [3.63, 3.8) is 0 Å². The second kappa shape index (κ2) is 8.06. The summed E-state index contributed by atoms with van der Waals surface area (Å²) in [5.74, 6) is -0.163. The molecule has 0 aromatic heterocycles. The minimum absolute atomic E-state index is 0.0410. The van der Waals surface area contributed by atoms with Gasteiger partial charge in [-0.2, -0.15) is 0 Å². The maximum Gasteiger partial charge on any atom is 0.293 e. The Morgan fingerprint density at radius 3 is 2.33 bits per heavy atom. The molecule has 24 heavy (non-hydrogen) atoms. The van der Waals surface area contributed by atoms with E-state index in [2.05, 4.69) is 4.72 Å². The van der Waals surface area contributed by atoms with E-state index in [1.807, 2.05) is 13.8 Å². The van der Waals surface area contributed by atoms with Crippen LogP contribution in [0.4, 0.5) is 11.4 Å². The fraction of sp³-hybridized carbons (Fsp3) is 0.500. The van der Waals surface area contributed by atoms with Gasteiger partial charge in [-0.25, -0.2) is 13.1 Å². The topological polar surface area (TPSA) is 113 Å². The maximum absolute atomic E-state index is 12.2. The molecule has 1 N–H and O–H groups in total. The van der Waals surface area contributed by atoms with Gasteiger partial charge in [0.1, 0.15) is 5.69 Å². The number of nitro groups is 1. The maximum atomic E-state index is 12.2. The van der Waals surface area contributed by atoms with Crippen molar-refractivity contribution >= 4 is 27.3 Å². The van der Waals surface area contributed by atoms with Crippen molar-refractivity contribution in [3.8, 4) is 0 Å². The molecule has 1 rings (SSSR count). The zero-order valence-electron chi connectivity index (χ0n) is 14.1. The first-order chi connectivity index (χ1) is 11.2. The highest BCUT2D eigenvalue weighted by Crippen LogP contribution is 2.30. The van der Waals surface area contributed by atoms with Crippen molar-refractivity contribution in [1.29, 1.82) is 0 Å². The van der Waals surface area contributed by atoms with Gasteiger partial charge in [0.2, 0.25) is 15.9 Å². The number of nitrogens with zero attached hydrogens (tertiary/aromatic N) is 3. The predicted octanol–water partition coefficient (Wildman–Crippen LogP) is 0.808. The van der Waals surface area contributed by atoms with Gasteiger partial charge < -0.3 is 9.80 Å². The summed E-state index contributed by atoms with van der Waals surface area (Å²) in [6, 6.07) is 3.59. The molecule has 0 saturated heterocycles. The van der Waals surface area contributed by atoms with Gasteiger partial charge >= 0.3 is 0 Å². The fourth-order valence-electron chi connectivity index (χ4n) is 2.22. The molecule has 0 aliphatic rings. The van der Waals surface area contributed by atoms with Crippen LogP contribution in [0.25, 0.3) is 0 Å². The van der Waals surface area contributed by atoms with Gasteiger partial charge in [-0.15, -0.1) is 0 Å². The van der Waals surface area contributed by atoms with Gasteiger partial charge in [0.05, 0.1) is 16.4 Å². The Bertz CT molecular complexity index is 716. The molecule has 0 unspecified atom stereocenters. The van der Waals surface area contributed by atoms with Crippen LogP contribution in [-0.4, -0.2) is 57.9 Å². The van der Waals surface area contributed by atoms with Crippen LogP contribution in [-0.2, 0) is 14.8 Å². The van der Waals surface area contributed by atoms with E-state index in [0.717, 1.165) is 6.07 Å². The SMILES string of the molecule is CCN(CC)C(=O)CN(C)c1ccc(S(=O)(=O)NC)cc1[N+](=O)[O-]. The van der Waals surface area contributed by atoms with E-state index >= 15 is 0 Å². The lowest BCUT2D eigenvalue weighted by atomic mass is 10.2. The number of benzene rings is 1. The van der Waals surface area contributed by atoms with Crippen LogP contribution >= 0.6 is 0 Å². The van der Waals surface area contributed by atoms with Gasteiger partial charge in [-0.1, -0.05) is 0 Å². The standard InChI is InChI=1S/C14H22N4O5S/c1-5-17(6-2)14(19)10-16(4)12-8-7-11(24(22,23)15-3)9-13(12)18(20)21/h7-9,15H,5-6,10H2,1-4H3. The molecular formula is C14H22N4O5S. The van der Waals surface area contributed by atoms with Crippen molar-refractivity contribution in [1.82, 2.24) is 9.62 Å². The molecule has 9 nitrogen and oxygen atoms in total. The van der Waals surface area contributed by atoms with Crippen LogP contribution < -0.4 is 9.62 Å². The van der Waals surface area contributed by atoms with Crippen LogP contribution in [0.2, 0.25) is 0 Å². The second-order valence-corrected chi connectivity index (χ2v) is 6.92. The molecule has 1 amide bonds. The first-order valence-electron chi connectivity index (χ1n) is 7.38. The van der Waals surface area contributed by atoms with E-state index in [9.17, 15) is 23.3 Å². The third-order valence-corrected chi connectivity index (χ3v) is 5.03. The largest absolute Gasteiger partial charge is 0.360 e. The number of hydrogen-bond acceptors (Lipinski definition) is 6. The summed E-state index contributed by atoms with van der Waals surface area (Å²) in [4.78, 5) is 25.6. The lowest BCUT2D eigenvalue weighted by Gasteiger charge is -2.24. The Kier molecular flexibility index (Phi) is 6.67. The summed E-state index contributed by atoms with van der Waals surface area (Å²) in [7, 11) is -1.01. The van der Waals surface area contributed by atoms with E-state index in [0.29, 0.717) is 13.1 Å². The molecule has 0 heterocycles. The number of anilines is 1. The molecule has 0 aliphatic carbocycles. The zero-order chi connectivity index (χ0) is 18.5. The number of sulfonamides is 1. The third-order valence-electron chi connectivity index (χ3n) is 3.62. The Hall–Kier alpha value is -2.20. The van der Waals surface area contributed by atoms with Crippen molar-refractivity contribution in [2.75, 3.05) is 38.6 Å². The van der Waals surface area contributed by atoms with Crippen molar-refractivity contribution in [2.45, 2.75) is 18.7 Å². The summed E-state index contributed by atoms with van der Waals surface area (Å²) < 4.78 is 25.7. The monoisotopic (exact) mass is 358 g/mol. The van der Waals surface area contributed by atoms with Gasteiger partial charge in [-0.3, -0.25) is 14.9 Å². The van der Waals surface area contributed by atoms with Gasteiger partial charge in [0, 0.05) is 26.2 Å². The number of hydrogen-bond donors (Lipinski definition) is 1. The van der Waals surface area contributed by atoms with Gasteiger partial charge in [0.25, 0.3) is 5.69 Å². The number of amides is 1. The smallest absolute Gasteiger partial charge is 0.293 e. The highest BCUT2D eigenvalue weighted by Gasteiger charge is 2.24. The number of carbonyl (C=O) groups excluding carboxylic acids is 1. The highest BCUT2D eigenvalue weighted by molar-refractivity contribution is 7.89. The molecule has 0 saturated carbocycles. The normalized spacial score (nSPS) is 11.2. The van der Waals surface area contributed by atoms with E-state index in [4.69, 9.17) is 0 Å². The first-order valence-corrected chi connectivity index (χ1v) is 8.87. The van der Waals surface area contributed by atoms with Crippen LogP contribution in [0.1, 0.15) is 13.8 Å². The Morgan fingerprint density at radius 2 is 1.88 bits per heavy atom. The number of nitro benzene ring substituents is 1. The van der Waals surface area contributed by atoms with Crippen molar-refractivity contribution < 1.29 is 18.1 Å². The number of likely N-dealkylation sites (N-methyl/N-ethyl adjacent to an activating group) is 2. The average molecular weight is 358 g/mol. The summed E-state index contributed by atoms with van der Waals surface area (Å²) in [5.41, 5.74) is -0.197. The van der Waals surface area contributed by atoms with Crippen LogP contribution in [0, 0.1) is 10.1 Å². The van der Waals surface area contributed by atoms with Gasteiger partial charge in [-0.05, 0) is 33.0 Å². The fourth-order valence-corrected chi connectivity index (χ4v) is 2.97. The molecule has 0 spiro atoms. The van der Waals surface area contributed by atoms with E-state index in [-0.39, 0.29) is 28.7 Å². The molecular weight excluding hydrogens is 336 g/mol. The van der Waals surface area contributed by atoms with Crippen LogP contribution in [0.5, 0.6) is 0 Å². The van der Waals surface area contributed by atoms with E-state index in [1.54, 1.807) is 11.9 Å². The van der Waals surface area contributed by atoms with Crippen molar-refractivity contribution in [3.05, 3.63) is 28.3 Å². The molecule has 0 aliphatic heterocycles. The Labute approximate surface area is 141 Å². The number of nitrogens with one attached hydrogen (secondary N) is 1. The number of carbonyl (C=O) groups is 1. The minimum atomic E-state index is -3.79. The number of rotatable bonds is 8. The molecule has 0 radical (unpaired) electrons. The van der Waals surface area contributed by atoms with Gasteiger partial charge in [0.15, 0.2) is 0 Å². The summed E-state index contributed by atoms with van der Waals surface area (Å²) in [6.07, 6.45) is 0. The molecule has 10 heteroatoms. The first kappa shape index (κ1) is 19.8. The third kappa shape index (κ3) is 4.42. The molecule has 0 bridgehead atoms. The molecule has 0 fully saturated rings. The van der Waals surface area contributed by atoms with Crippen molar-refractivity contribution in [2.24, 2.45) is 0 Å². The highest BCUT2D eigenvalue weighted by atomic mass is 32.2. The minimum Gasteiger partial charge on any atom is -0.360 e. The summed E-state index contributed by atoms with van der Waals surface area (Å²) >= 11 is 0. The van der Waals surface area contributed by atoms with E-state index in [1.165, 1.54) is 24.1 Å². The summed E-state index contributed by atoms with van der Waals surface area (Å²) in [6.45, 7) is 4.75. The van der Waals surface area contributed by atoms with E-state index < -0.39 is 14.9 Å². The molecule has 134 valence electrons. The molecule has 1 aromatic carbocycles. The average Bonchev–Trinajstić information content (AvgIpc) is 2.55. The lowest BCUT2D eigenvalue weighted by molar-refractivity contribution is -0.384. The molecule has 0 atom stereocenters. The predicted molar refractivity (Wildman–Crippen MR) is 90.5 cm³/mol. The Balaban J connectivity index is 3.19. The lowest BCUT2D eigenvalue weighted by Crippen LogP contribution is -2.39. The van der Waals surface area contributed by atoms with Crippen LogP contribution in [0.3, 0.4) is 0 Å². The second-order valence-electron chi connectivity index (χ2n) is 5.04. The van der Waals surface area contributed by atoms with Crippen LogP contribution in [0.15, 0.2) is 23.1 Å². The Morgan fingerprint density at radius 1 is 1.29 bits per heavy atom. The quantitative estimate of drug-likeness (QED) is 0.543. The summed E-state index contributed by atoms with van der Waals surface area (Å²) in [5, 5.41) is 11.3. The zero-order valence-corrected chi connectivity index (χ0v) is 15.0.